The van der Waals surface area contributed by atoms with Gasteiger partial charge in [-0.25, -0.2) is 0 Å². The molecule has 0 atom stereocenters. The van der Waals surface area contributed by atoms with Crippen LogP contribution in [0, 0.1) is 0 Å². The Morgan fingerprint density at radius 2 is 2.03 bits per heavy atom. The summed E-state index contributed by atoms with van der Waals surface area (Å²) in [6, 6.07) is 12.2. The zero-order valence-electron chi connectivity index (χ0n) is 18.3. The molecule has 0 aliphatic heterocycles. The summed E-state index contributed by atoms with van der Waals surface area (Å²) >= 11 is 6.15. The summed E-state index contributed by atoms with van der Waals surface area (Å²) in [4.78, 5) is 14.1. The molecule has 2 aromatic carbocycles. The molecule has 1 heterocycles. The third-order valence-electron chi connectivity index (χ3n) is 5.10. The molecule has 1 N–H and O–H groups in total. The van der Waals surface area contributed by atoms with Gasteiger partial charge in [0, 0.05) is 42.1 Å². The van der Waals surface area contributed by atoms with Gasteiger partial charge < -0.3 is 10.2 Å². The Hall–Kier alpha value is -3.17. The molecule has 1 aliphatic rings. The van der Waals surface area contributed by atoms with Gasteiger partial charge in [-0.2, -0.15) is 13.5 Å². The molecule has 0 radical (unpaired) electrons. The van der Waals surface area contributed by atoms with Crippen molar-refractivity contribution in [3.8, 4) is 11.1 Å². The lowest BCUT2D eigenvalue weighted by molar-refractivity contribution is -0.115. The van der Waals surface area contributed by atoms with Crippen molar-refractivity contribution in [3.05, 3.63) is 65.4 Å². The number of rotatable bonds is 8. The zero-order chi connectivity index (χ0) is 23.6. The second-order valence-corrected chi connectivity index (χ2v) is 10.1. The first-order valence-electron chi connectivity index (χ1n) is 10.4. The smallest absolute Gasteiger partial charge is 0.284 e. The number of carbonyl (C=O) groups excluding carboxylic acids is 1. The van der Waals surface area contributed by atoms with E-state index in [1.54, 1.807) is 56.7 Å². The molecule has 1 aliphatic carbocycles. The number of carbonyl (C=O) groups is 1. The van der Waals surface area contributed by atoms with Gasteiger partial charge in [0.05, 0.1) is 23.6 Å². The highest BCUT2D eigenvalue weighted by Crippen LogP contribution is 2.37. The monoisotopic (exact) mass is 485 g/mol. The number of hydrogen-bond acceptors (Lipinski definition) is 4. The predicted molar refractivity (Wildman–Crippen MR) is 129 cm³/mol. The zero-order valence-corrected chi connectivity index (χ0v) is 19.8. The average Bonchev–Trinajstić information content (AvgIpc) is 3.51. The van der Waals surface area contributed by atoms with E-state index < -0.39 is 10.0 Å². The van der Waals surface area contributed by atoms with Crippen LogP contribution in [0.1, 0.15) is 24.4 Å². The van der Waals surface area contributed by atoms with Crippen LogP contribution >= 0.6 is 11.6 Å². The molecular weight excluding hydrogens is 462 g/mol. The molecule has 1 aromatic heterocycles. The topological polar surface area (TPSA) is 96.7 Å². The van der Waals surface area contributed by atoms with E-state index in [4.69, 9.17) is 11.6 Å². The molecule has 1 amide bonds. The van der Waals surface area contributed by atoms with Crippen LogP contribution in [-0.4, -0.2) is 49.4 Å². The number of anilines is 1. The predicted octanol–water partition coefficient (Wildman–Crippen LogP) is 4.00. The van der Waals surface area contributed by atoms with E-state index in [1.807, 2.05) is 10.9 Å². The lowest BCUT2D eigenvalue weighted by Crippen LogP contribution is -2.15. The molecule has 0 spiro atoms. The highest BCUT2D eigenvalue weighted by molar-refractivity contribution is 7.90. The van der Waals surface area contributed by atoms with Gasteiger partial charge >= 0.3 is 0 Å². The molecule has 33 heavy (non-hydrogen) atoms. The van der Waals surface area contributed by atoms with Crippen LogP contribution in [0.2, 0.25) is 5.02 Å². The van der Waals surface area contributed by atoms with E-state index >= 15 is 0 Å². The molecule has 1 fully saturated rings. The van der Waals surface area contributed by atoms with Gasteiger partial charge in [-0.3, -0.25) is 9.48 Å². The van der Waals surface area contributed by atoms with Crippen molar-refractivity contribution >= 4 is 39.6 Å². The first-order valence-corrected chi connectivity index (χ1v) is 12.2. The van der Waals surface area contributed by atoms with Crippen LogP contribution in [0.4, 0.5) is 5.69 Å². The van der Waals surface area contributed by atoms with E-state index in [9.17, 15) is 13.2 Å². The number of nitrogens with zero attached hydrogens (tertiary/aromatic N) is 4. The third-order valence-corrected chi connectivity index (χ3v) is 6.74. The number of aromatic nitrogens is 2. The Labute approximate surface area is 197 Å². The lowest BCUT2D eigenvalue weighted by atomic mass is 10.1. The Bertz CT molecular complexity index is 1310. The normalized spacial score (nSPS) is 13.9. The van der Waals surface area contributed by atoms with Crippen LogP contribution in [-0.2, 0) is 21.2 Å². The van der Waals surface area contributed by atoms with Crippen LogP contribution < -0.4 is 5.32 Å². The Balaban J connectivity index is 1.66. The number of sulfonamides is 1. The average molecular weight is 486 g/mol. The minimum Gasteiger partial charge on any atom is -0.368 e. The first kappa shape index (κ1) is 23.0. The van der Waals surface area contributed by atoms with E-state index in [0.717, 1.165) is 12.8 Å². The summed E-state index contributed by atoms with van der Waals surface area (Å²) in [5.41, 5.74) is 2.18. The largest absolute Gasteiger partial charge is 0.368 e. The summed E-state index contributed by atoms with van der Waals surface area (Å²) < 4.78 is 31.8. The molecular formula is C23H24ClN5O3S. The fourth-order valence-corrected chi connectivity index (χ4v) is 4.67. The minimum atomic E-state index is -4.04. The Morgan fingerprint density at radius 3 is 2.73 bits per heavy atom. The standard InChI is InChI=1S/C23H24ClN5O3S/c1-28(2)15-26-33(31,32)22-12-18(27-23(30)11-16-5-3-4-6-21(16)24)7-10-20(22)17-13-25-29(14-17)19-8-9-19/h3-7,10,12-15,19H,8-9,11H2,1-2H3,(H,27,30). The van der Waals surface area contributed by atoms with E-state index in [2.05, 4.69) is 14.8 Å². The highest BCUT2D eigenvalue weighted by atomic mass is 35.5. The first-order chi connectivity index (χ1) is 15.7. The Morgan fingerprint density at radius 1 is 1.27 bits per heavy atom. The fraction of sp³-hybridized carbons (Fsp3) is 0.261. The van der Waals surface area contributed by atoms with Crippen LogP contribution in [0.25, 0.3) is 11.1 Å². The number of halogens is 1. The maximum absolute atomic E-state index is 13.1. The SMILES string of the molecule is CN(C)C=NS(=O)(=O)c1cc(NC(=O)Cc2ccccc2Cl)ccc1-c1cnn(C2CC2)c1. The van der Waals surface area contributed by atoms with Gasteiger partial charge in [-0.05, 0) is 36.6 Å². The second kappa shape index (κ2) is 9.36. The number of amides is 1. The Kier molecular flexibility index (Phi) is 6.53. The van der Waals surface area contributed by atoms with Gasteiger partial charge in [0.15, 0.2) is 0 Å². The van der Waals surface area contributed by atoms with Gasteiger partial charge in [0.1, 0.15) is 6.34 Å². The molecule has 172 valence electrons. The number of nitrogens with one attached hydrogen (secondary N) is 1. The van der Waals surface area contributed by atoms with Crippen LogP contribution in [0.15, 0.2) is 64.2 Å². The molecule has 8 nitrogen and oxygen atoms in total. The van der Waals surface area contributed by atoms with E-state index in [-0.39, 0.29) is 17.2 Å². The minimum absolute atomic E-state index is 0.00788. The number of hydrogen-bond donors (Lipinski definition) is 1. The molecule has 3 aromatic rings. The quantitative estimate of drug-likeness (QED) is 0.384. The van der Waals surface area contributed by atoms with Crippen molar-refractivity contribution in [2.75, 3.05) is 19.4 Å². The van der Waals surface area contributed by atoms with Crippen molar-refractivity contribution in [2.45, 2.75) is 30.2 Å². The molecule has 10 heteroatoms. The molecule has 4 rings (SSSR count). The highest BCUT2D eigenvalue weighted by Gasteiger charge is 2.26. The van der Waals surface area contributed by atoms with E-state index in [1.165, 1.54) is 17.3 Å². The lowest BCUT2D eigenvalue weighted by Gasteiger charge is -2.12. The van der Waals surface area contributed by atoms with Crippen molar-refractivity contribution in [3.63, 3.8) is 0 Å². The summed E-state index contributed by atoms with van der Waals surface area (Å²) in [7, 11) is -0.664. The molecule has 0 saturated heterocycles. The van der Waals surface area contributed by atoms with Crippen molar-refractivity contribution in [1.29, 1.82) is 0 Å². The van der Waals surface area contributed by atoms with Crippen molar-refractivity contribution in [2.24, 2.45) is 4.40 Å². The van der Waals surface area contributed by atoms with Gasteiger partial charge in [0.25, 0.3) is 10.0 Å². The second-order valence-electron chi connectivity index (χ2n) is 8.13. The molecule has 0 unspecified atom stereocenters. The third kappa shape index (κ3) is 5.61. The molecule has 0 bridgehead atoms. The fourth-order valence-electron chi connectivity index (χ4n) is 3.30. The van der Waals surface area contributed by atoms with Crippen LogP contribution in [0.3, 0.4) is 0 Å². The van der Waals surface area contributed by atoms with Crippen LogP contribution in [0.5, 0.6) is 0 Å². The van der Waals surface area contributed by atoms with Crippen molar-refractivity contribution in [1.82, 2.24) is 14.7 Å². The van der Waals surface area contributed by atoms with Gasteiger partial charge in [0.2, 0.25) is 5.91 Å². The summed E-state index contributed by atoms with van der Waals surface area (Å²) in [6.07, 6.45) is 6.92. The van der Waals surface area contributed by atoms with E-state index in [0.29, 0.717) is 33.4 Å². The maximum atomic E-state index is 13.1. The summed E-state index contributed by atoms with van der Waals surface area (Å²) in [6.45, 7) is 0. The molecule has 1 saturated carbocycles. The summed E-state index contributed by atoms with van der Waals surface area (Å²) in [5.74, 6) is -0.308. The summed E-state index contributed by atoms with van der Waals surface area (Å²) in [5, 5.41) is 7.63. The maximum Gasteiger partial charge on any atom is 0.284 e. The van der Waals surface area contributed by atoms with Gasteiger partial charge in [-0.1, -0.05) is 35.9 Å². The number of benzene rings is 2. The van der Waals surface area contributed by atoms with Crippen molar-refractivity contribution < 1.29 is 13.2 Å². The van der Waals surface area contributed by atoms with Gasteiger partial charge in [-0.15, -0.1) is 4.40 Å².